The predicted molar refractivity (Wildman–Crippen MR) is 76.1 cm³/mol. The molecule has 20 heavy (non-hydrogen) atoms. The van der Waals surface area contributed by atoms with Gasteiger partial charge < -0.3 is 19.3 Å². The van der Waals surface area contributed by atoms with Crippen molar-refractivity contribution in [1.29, 1.82) is 0 Å². The maximum Gasteiger partial charge on any atom is 0.183 e. The molecule has 2 rings (SSSR count). The van der Waals surface area contributed by atoms with Gasteiger partial charge in [0.05, 0.1) is 13.2 Å². The molecule has 1 aliphatic rings. The molecule has 108 valence electrons. The van der Waals surface area contributed by atoms with Crippen LogP contribution < -0.4 is 0 Å². The Balaban J connectivity index is 2.06. The van der Waals surface area contributed by atoms with E-state index in [4.69, 9.17) is 14.2 Å². The van der Waals surface area contributed by atoms with Gasteiger partial charge in [0.1, 0.15) is 12.2 Å². The average Bonchev–Trinajstić information content (AvgIpc) is 2.52. The minimum Gasteiger partial charge on any atom is -0.394 e. The lowest BCUT2D eigenvalue weighted by molar-refractivity contribution is -0.183. The van der Waals surface area contributed by atoms with Crippen molar-refractivity contribution in [1.82, 2.24) is 0 Å². The Labute approximate surface area is 119 Å². The Kier molecular flexibility index (Phi) is 5.49. The normalized spacial score (nSPS) is 26.1. The Morgan fingerprint density at radius 3 is 2.70 bits per heavy atom. The molecule has 0 radical (unpaired) electrons. The molecule has 0 fully saturated rings. The minimum absolute atomic E-state index is 0.125. The summed E-state index contributed by atoms with van der Waals surface area (Å²) in [5, 5.41) is 9.42. The van der Waals surface area contributed by atoms with E-state index >= 15 is 0 Å². The van der Waals surface area contributed by atoms with Crippen LogP contribution in [0.2, 0.25) is 0 Å². The highest BCUT2D eigenvalue weighted by Gasteiger charge is 2.31. The van der Waals surface area contributed by atoms with E-state index in [9.17, 15) is 5.11 Å². The monoisotopic (exact) mass is 276 g/mol. The smallest absolute Gasteiger partial charge is 0.183 e. The summed E-state index contributed by atoms with van der Waals surface area (Å²) >= 11 is 0. The van der Waals surface area contributed by atoms with Crippen molar-refractivity contribution in [2.75, 3.05) is 13.7 Å². The van der Waals surface area contributed by atoms with Crippen LogP contribution in [0.3, 0.4) is 0 Å². The fraction of sp³-hybridized carbons (Fsp3) is 0.375. The SMILES string of the molecule is C=CC1=C[C@H](OCc2ccccc2)[C@@H](CO)O[C@@H]1OC. The molecule has 0 spiro atoms. The lowest BCUT2D eigenvalue weighted by Gasteiger charge is -2.33. The molecule has 4 heteroatoms. The van der Waals surface area contributed by atoms with Crippen LogP contribution in [0.4, 0.5) is 0 Å². The number of rotatable bonds is 6. The molecule has 1 aromatic carbocycles. The topological polar surface area (TPSA) is 47.9 Å². The van der Waals surface area contributed by atoms with Crippen molar-refractivity contribution in [3.8, 4) is 0 Å². The number of benzene rings is 1. The van der Waals surface area contributed by atoms with E-state index in [1.807, 2.05) is 36.4 Å². The lowest BCUT2D eigenvalue weighted by Crippen LogP contribution is -2.42. The van der Waals surface area contributed by atoms with Gasteiger partial charge in [-0.2, -0.15) is 0 Å². The highest BCUT2D eigenvalue weighted by molar-refractivity contribution is 5.24. The Morgan fingerprint density at radius 2 is 2.10 bits per heavy atom. The van der Waals surface area contributed by atoms with Crippen LogP contribution in [0.1, 0.15) is 5.56 Å². The van der Waals surface area contributed by atoms with Crippen molar-refractivity contribution in [3.05, 3.63) is 60.2 Å². The average molecular weight is 276 g/mol. The first kappa shape index (κ1) is 14.9. The molecule has 1 aromatic rings. The summed E-state index contributed by atoms with van der Waals surface area (Å²) in [7, 11) is 1.56. The Bertz CT molecular complexity index is 455. The molecule has 1 aliphatic heterocycles. The summed E-state index contributed by atoms with van der Waals surface area (Å²) in [5.74, 6) is 0. The molecular formula is C16H20O4. The fourth-order valence-electron chi connectivity index (χ4n) is 2.12. The molecule has 0 amide bonds. The maximum absolute atomic E-state index is 9.42. The van der Waals surface area contributed by atoms with Crippen molar-refractivity contribution < 1.29 is 19.3 Å². The molecule has 0 bridgehead atoms. The first-order valence-electron chi connectivity index (χ1n) is 6.57. The zero-order valence-electron chi connectivity index (χ0n) is 11.6. The van der Waals surface area contributed by atoms with Gasteiger partial charge in [-0.25, -0.2) is 0 Å². The standard InChI is InChI=1S/C16H20O4/c1-3-13-9-14(15(10-17)20-16(13)18-2)19-11-12-7-5-4-6-8-12/h3-9,14-17H,1,10-11H2,2H3/t14-,15+,16-/m0/s1. The van der Waals surface area contributed by atoms with E-state index in [2.05, 4.69) is 6.58 Å². The van der Waals surface area contributed by atoms with Crippen LogP contribution in [-0.2, 0) is 20.8 Å². The third kappa shape index (κ3) is 3.55. The van der Waals surface area contributed by atoms with Gasteiger partial charge in [-0.1, -0.05) is 43.0 Å². The molecule has 0 aliphatic carbocycles. The zero-order chi connectivity index (χ0) is 14.4. The van der Waals surface area contributed by atoms with E-state index < -0.39 is 12.4 Å². The van der Waals surface area contributed by atoms with Crippen LogP contribution >= 0.6 is 0 Å². The summed E-state index contributed by atoms with van der Waals surface area (Å²) in [4.78, 5) is 0. The molecule has 4 nitrogen and oxygen atoms in total. The van der Waals surface area contributed by atoms with Crippen LogP contribution in [0.15, 0.2) is 54.6 Å². The zero-order valence-corrected chi connectivity index (χ0v) is 11.6. The highest BCUT2D eigenvalue weighted by Crippen LogP contribution is 2.23. The number of ether oxygens (including phenoxy) is 3. The predicted octanol–water partition coefficient (Wildman–Crippen LogP) is 2.05. The lowest BCUT2D eigenvalue weighted by atomic mass is 10.1. The number of aliphatic hydroxyl groups is 1. The van der Waals surface area contributed by atoms with Gasteiger partial charge in [0.2, 0.25) is 0 Å². The number of methoxy groups -OCH3 is 1. The third-order valence-electron chi connectivity index (χ3n) is 3.21. The van der Waals surface area contributed by atoms with E-state index in [1.165, 1.54) is 0 Å². The van der Waals surface area contributed by atoms with Gasteiger partial charge in [0.15, 0.2) is 6.29 Å². The van der Waals surface area contributed by atoms with E-state index in [1.54, 1.807) is 13.2 Å². The van der Waals surface area contributed by atoms with Gasteiger partial charge in [-0.05, 0) is 11.6 Å². The molecular weight excluding hydrogens is 256 g/mol. The molecule has 0 unspecified atom stereocenters. The maximum atomic E-state index is 9.42. The van der Waals surface area contributed by atoms with Crippen LogP contribution in [0.25, 0.3) is 0 Å². The minimum atomic E-state index is -0.499. The van der Waals surface area contributed by atoms with Crippen molar-refractivity contribution >= 4 is 0 Å². The second-order valence-electron chi connectivity index (χ2n) is 4.56. The quantitative estimate of drug-likeness (QED) is 0.864. The first-order valence-corrected chi connectivity index (χ1v) is 6.57. The van der Waals surface area contributed by atoms with E-state index in [0.29, 0.717) is 6.61 Å². The van der Waals surface area contributed by atoms with Gasteiger partial charge in [0.25, 0.3) is 0 Å². The molecule has 0 saturated carbocycles. The summed E-state index contributed by atoms with van der Waals surface area (Å²) in [6, 6.07) is 9.88. The molecule has 1 heterocycles. The van der Waals surface area contributed by atoms with Crippen molar-refractivity contribution in [2.45, 2.75) is 25.1 Å². The molecule has 3 atom stereocenters. The van der Waals surface area contributed by atoms with Crippen LogP contribution in [0.5, 0.6) is 0 Å². The Hall–Kier alpha value is -1.46. The number of aliphatic hydroxyl groups excluding tert-OH is 1. The second kappa shape index (κ2) is 7.36. The summed E-state index contributed by atoms with van der Waals surface area (Å²) in [5.41, 5.74) is 1.89. The van der Waals surface area contributed by atoms with Gasteiger partial charge >= 0.3 is 0 Å². The third-order valence-corrected chi connectivity index (χ3v) is 3.21. The first-order chi connectivity index (χ1) is 9.78. The second-order valence-corrected chi connectivity index (χ2v) is 4.56. The van der Waals surface area contributed by atoms with Crippen LogP contribution in [-0.4, -0.2) is 37.3 Å². The van der Waals surface area contributed by atoms with Crippen molar-refractivity contribution in [2.24, 2.45) is 0 Å². The van der Waals surface area contributed by atoms with E-state index in [-0.39, 0.29) is 12.7 Å². The molecule has 0 aromatic heterocycles. The summed E-state index contributed by atoms with van der Waals surface area (Å²) in [6.45, 7) is 4.08. The molecule has 0 saturated heterocycles. The number of hydrogen-bond donors (Lipinski definition) is 1. The van der Waals surface area contributed by atoms with Crippen molar-refractivity contribution in [3.63, 3.8) is 0 Å². The molecule has 1 N–H and O–H groups in total. The fourth-order valence-corrected chi connectivity index (χ4v) is 2.12. The van der Waals surface area contributed by atoms with Gasteiger partial charge in [-0.15, -0.1) is 0 Å². The summed E-state index contributed by atoms with van der Waals surface area (Å²) in [6.07, 6.45) is 2.32. The Morgan fingerprint density at radius 1 is 1.35 bits per heavy atom. The van der Waals surface area contributed by atoms with Gasteiger partial charge in [0, 0.05) is 12.7 Å². The highest BCUT2D eigenvalue weighted by atomic mass is 16.7. The summed E-state index contributed by atoms with van der Waals surface area (Å²) < 4.78 is 16.7. The van der Waals surface area contributed by atoms with Gasteiger partial charge in [-0.3, -0.25) is 0 Å². The number of hydrogen-bond acceptors (Lipinski definition) is 4. The van der Waals surface area contributed by atoms with E-state index in [0.717, 1.165) is 11.1 Å². The largest absolute Gasteiger partial charge is 0.394 e. The van der Waals surface area contributed by atoms with Crippen LogP contribution in [0, 0.1) is 0 Å².